The molecular formula is C19H18ClN3O3S2. The Bertz CT molecular complexity index is 1050. The number of sulfonamides is 1. The zero-order valence-electron chi connectivity index (χ0n) is 14.8. The van der Waals surface area contributed by atoms with Crippen molar-refractivity contribution in [3.05, 3.63) is 76.6 Å². The van der Waals surface area contributed by atoms with E-state index in [0.717, 1.165) is 16.9 Å². The fourth-order valence-electron chi connectivity index (χ4n) is 2.47. The zero-order valence-corrected chi connectivity index (χ0v) is 17.2. The molecule has 9 heteroatoms. The molecule has 0 radical (unpaired) electrons. The molecule has 0 aliphatic carbocycles. The van der Waals surface area contributed by atoms with Crippen LogP contribution in [0.3, 0.4) is 0 Å². The summed E-state index contributed by atoms with van der Waals surface area (Å²) in [6.07, 6.45) is 0. The summed E-state index contributed by atoms with van der Waals surface area (Å²) in [4.78, 5) is 12.0. The predicted octanol–water partition coefficient (Wildman–Crippen LogP) is 5.09. The lowest BCUT2D eigenvalue weighted by Gasteiger charge is -2.14. The number of carbonyl (C=O) groups is 1. The number of anilines is 2. The van der Waals surface area contributed by atoms with Gasteiger partial charge in [0.05, 0.1) is 4.34 Å². The van der Waals surface area contributed by atoms with E-state index in [4.69, 9.17) is 11.6 Å². The Morgan fingerprint density at radius 1 is 0.929 bits per heavy atom. The maximum Gasteiger partial charge on any atom is 0.323 e. The van der Waals surface area contributed by atoms with Crippen LogP contribution >= 0.6 is 22.9 Å². The zero-order chi connectivity index (χ0) is 20.1. The summed E-state index contributed by atoms with van der Waals surface area (Å²) < 4.78 is 28.0. The number of carbonyl (C=O) groups excluding carboxylic acids is 1. The first-order valence-corrected chi connectivity index (χ1v) is 11.0. The molecular weight excluding hydrogens is 418 g/mol. The first-order chi connectivity index (χ1) is 13.3. The minimum Gasteiger partial charge on any atom is -0.308 e. The number of halogens is 1. The van der Waals surface area contributed by atoms with Gasteiger partial charge in [0.15, 0.2) is 0 Å². The summed E-state index contributed by atoms with van der Waals surface area (Å²) in [5.74, 6) is 0. The van der Waals surface area contributed by atoms with Crippen molar-refractivity contribution >= 4 is 50.4 Å². The molecule has 0 aliphatic rings. The van der Waals surface area contributed by atoms with Gasteiger partial charge < -0.3 is 10.6 Å². The van der Waals surface area contributed by atoms with E-state index in [2.05, 4.69) is 15.4 Å². The maximum atomic E-state index is 12.4. The Labute approximate surface area is 172 Å². The fourth-order valence-corrected chi connectivity index (χ4v) is 5.20. The van der Waals surface area contributed by atoms with Crippen molar-refractivity contribution in [2.45, 2.75) is 17.2 Å². The van der Waals surface area contributed by atoms with Gasteiger partial charge in [0.25, 0.3) is 10.0 Å². The monoisotopic (exact) mass is 435 g/mol. The van der Waals surface area contributed by atoms with Crippen LogP contribution in [0.5, 0.6) is 0 Å². The summed E-state index contributed by atoms with van der Waals surface area (Å²) in [6, 6.07) is 18.3. The molecule has 1 unspecified atom stereocenters. The van der Waals surface area contributed by atoms with Gasteiger partial charge >= 0.3 is 6.03 Å². The molecule has 3 N–H and O–H groups in total. The highest BCUT2D eigenvalue weighted by Gasteiger charge is 2.20. The van der Waals surface area contributed by atoms with Crippen molar-refractivity contribution in [2.75, 3.05) is 10.6 Å². The van der Waals surface area contributed by atoms with Crippen LogP contribution in [0, 0.1) is 0 Å². The predicted molar refractivity (Wildman–Crippen MR) is 114 cm³/mol. The minimum absolute atomic E-state index is 0.167. The summed E-state index contributed by atoms with van der Waals surface area (Å²) in [7, 11) is -3.65. The van der Waals surface area contributed by atoms with Crippen LogP contribution in [0.15, 0.2) is 70.9 Å². The van der Waals surface area contributed by atoms with E-state index in [0.29, 0.717) is 15.7 Å². The first-order valence-electron chi connectivity index (χ1n) is 8.34. The highest BCUT2D eigenvalue weighted by molar-refractivity contribution is 7.91. The second-order valence-electron chi connectivity index (χ2n) is 5.97. The van der Waals surface area contributed by atoms with Gasteiger partial charge in [-0.3, -0.25) is 0 Å². The maximum absolute atomic E-state index is 12.4. The van der Waals surface area contributed by atoms with Crippen LogP contribution in [0.4, 0.5) is 16.2 Å². The number of thiophene rings is 1. The van der Waals surface area contributed by atoms with E-state index in [1.54, 1.807) is 49.4 Å². The summed E-state index contributed by atoms with van der Waals surface area (Å²) >= 11 is 6.82. The van der Waals surface area contributed by atoms with Gasteiger partial charge in [-0.05, 0) is 48.9 Å². The number of rotatable bonds is 6. The standard InChI is InChI=1S/C19H18ClN3O3S2/c1-13(23-28(25,26)18-12-11-17(20)27-18)14-7-9-16(10-8-14)22-19(24)21-15-5-3-2-4-6-15/h2-13,23H,1H3,(H2,21,22,24). The van der Waals surface area contributed by atoms with Crippen LogP contribution < -0.4 is 15.4 Å². The molecule has 0 bridgehead atoms. The normalized spacial score (nSPS) is 12.4. The van der Waals surface area contributed by atoms with Gasteiger partial charge in [-0.1, -0.05) is 41.9 Å². The molecule has 0 spiro atoms. The summed E-state index contributed by atoms with van der Waals surface area (Å²) in [6.45, 7) is 1.75. The molecule has 0 saturated carbocycles. The van der Waals surface area contributed by atoms with E-state index in [1.165, 1.54) is 6.07 Å². The molecule has 1 atom stereocenters. The molecule has 3 aromatic rings. The van der Waals surface area contributed by atoms with Gasteiger partial charge in [-0.15, -0.1) is 11.3 Å². The Morgan fingerprint density at radius 2 is 1.54 bits per heavy atom. The van der Waals surface area contributed by atoms with Crippen LogP contribution in [-0.2, 0) is 10.0 Å². The average molecular weight is 436 g/mol. The lowest BCUT2D eigenvalue weighted by Crippen LogP contribution is -2.26. The summed E-state index contributed by atoms with van der Waals surface area (Å²) in [5.41, 5.74) is 2.05. The van der Waals surface area contributed by atoms with Crippen molar-refractivity contribution in [3.63, 3.8) is 0 Å². The molecule has 146 valence electrons. The number of amides is 2. The Balaban J connectivity index is 1.61. The molecule has 28 heavy (non-hydrogen) atoms. The third kappa shape index (κ3) is 5.32. The highest BCUT2D eigenvalue weighted by atomic mass is 35.5. The van der Waals surface area contributed by atoms with Gasteiger partial charge in [0.2, 0.25) is 0 Å². The van der Waals surface area contributed by atoms with Crippen LogP contribution in [0.2, 0.25) is 4.34 Å². The first kappa shape index (κ1) is 20.3. The molecule has 1 heterocycles. The van der Waals surface area contributed by atoms with Crippen molar-refractivity contribution < 1.29 is 13.2 Å². The van der Waals surface area contributed by atoms with Crippen LogP contribution in [0.1, 0.15) is 18.5 Å². The quantitative estimate of drug-likeness (QED) is 0.504. The van der Waals surface area contributed by atoms with Gasteiger partial charge in [0.1, 0.15) is 4.21 Å². The molecule has 1 aromatic heterocycles. The highest BCUT2D eigenvalue weighted by Crippen LogP contribution is 2.27. The summed E-state index contributed by atoms with van der Waals surface area (Å²) in [5, 5.41) is 5.46. The molecule has 6 nitrogen and oxygen atoms in total. The van der Waals surface area contributed by atoms with Crippen LogP contribution in [0.25, 0.3) is 0 Å². The van der Waals surface area contributed by atoms with Crippen molar-refractivity contribution in [1.82, 2.24) is 4.72 Å². The smallest absolute Gasteiger partial charge is 0.308 e. The third-order valence-corrected chi connectivity index (χ3v) is 7.11. The van der Waals surface area contributed by atoms with Gasteiger partial charge in [-0.25, -0.2) is 17.9 Å². The third-order valence-electron chi connectivity index (χ3n) is 3.85. The van der Waals surface area contributed by atoms with Gasteiger partial charge in [0, 0.05) is 17.4 Å². The van der Waals surface area contributed by atoms with E-state index in [9.17, 15) is 13.2 Å². The Kier molecular flexibility index (Phi) is 6.35. The Hall–Kier alpha value is -2.39. The van der Waals surface area contributed by atoms with Crippen molar-refractivity contribution in [2.24, 2.45) is 0 Å². The fraction of sp³-hybridized carbons (Fsp3) is 0.105. The van der Waals surface area contributed by atoms with E-state index in [-0.39, 0.29) is 10.2 Å². The second-order valence-corrected chi connectivity index (χ2v) is 9.62. The molecule has 0 saturated heterocycles. The Morgan fingerprint density at radius 3 is 2.11 bits per heavy atom. The van der Waals surface area contributed by atoms with Crippen molar-refractivity contribution in [1.29, 1.82) is 0 Å². The number of nitrogens with one attached hydrogen (secondary N) is 3. The lowest BCUT2D eigenvalue weighted by atomic mass is 10.1. The molecule has 3 rings (SSSR count). The minimum atomic E-state index is -3.65. The number of hydrogen-bond donors (Lipinski definition) is 3. The second kappa shape index (κ2) is 8.74. The lowest BCUT2D eigenvalue weighted by molar-refractivity contribution is 0.262. The van der Waals surface area contributed by atoms with E-state index >= 15 is 0 Å². The molecule has 2 aromatic carbocycles. The number of benzene rings is 2. The largest absolute Gasteiger partial charge is 0.323 e. The van der Waals surface area contributed by atoms with Crippen LogP contribution in [-0.4, -0.2) is 14.4 Å². The number of para-hydroxylation sites is 1. The molecule has 0 aliphatic heterocycles. The van der Waals surface area contributed by atoms with E-state index in [1.807, 2.05) is 18.2 Å². The molecule has 2 amide bonds. The topological polar surface area (TPSA) is 87.3 Å². The van der Waals surface area contributed by atoms with Gasteiger partial charge in [-0.2, -0.15) is 0 Å². The average Bonchev–Trinajstić information content (AvgIpc) is 3.10. The number of hydrogen-bond acceptors (Lipinski definition) is 4. The number of urea groups is 1. The molecule has 0 fully saturated rings. The van der Waals surface area contributed by atoms with E-state index < -0.39 is 16.1 Å². The van der Waals surface area contributed by atoms with Crippen molar-refractivity contribution in [3.8, 4) is 0 Å². The SMILES string of the molecule is CC(NS(=O)(=O)c1ccc(Cl)s1)c1ccc(NC(=O)Nc2ccccc2)cc1.